The molecule has 2 aromatic rings. The van der Waals surface area contributed by atoms with Crippen LogP contribution in [0.5, 0.6) is 11.5 Å². The van der Waals surface area contributed by atoms with Gasteiger partial charge < -0.3 is 9.47 Å². The maximum absolute atomic E-state index is 11.1. The summed E-state index contributed by atoms with van der Waals surface area (Å²) in [4.78, 5) is 14.8. The largest absolute Gasteiger partial charge is 0.490 e. The van der Waals surface area contributed by atoms with Gasteiger partial charge in [0.15, 0.2) is 17.3 Å². The number of anilines is 1. The summed E-state index contributed by atoms with van der Waals surface area (Å²) in [5.41, 5.74) is 2.97. The quantitative estimate of drug-likeness (QED) is 0.280. The number of aromatic nitrogens is 3. The highest BCUT2D eigenvalue weighted by atomic mass is 16.5. The molecule has 8 nitrogen and oxygen atoms in total. The Morgan fingerprint density at radius 1 is 1.07 bits per heavy atom. The summed E-state index contributed by atoms with van der Waals surface area (Å²) in [6.45, 7) is 5.41. The molecule has 0 aliphatic carbocycles. The Hall–Kier alpha value is -2.90. The van der Waals surface area contributed by atoms with Gasteiger partial charge in [0.2, 0.25) is 0 Å². The summed E-state index contributed by atoms with van der Waals surface area (Å²) in [6, 6.07) is 5.66. The van der Waals surface area contributed by atoms with Gasteiger partial charge in [0, 0.05) is 0 Å². The van der Waals surface area contributed by atoms with Crippen molar-refractivity contribution in [3.63, 3.8) is 0 Å². The third-order valence-electron chi connectivity index (χ3n) is 4.23. The summed E-state index contributed by atoms with van der Waals surface area (Å²) >= 11 is 0. The Labute approximate surface area is 171 Å². The molecule has 1 heterocycles. The van der Waals surface area contributed by atoms with E-state index in [1.807, 2.05) is 25.1 Å². The third-order valence-corrected chi connectivity index (χ3v) is 4.23. The van der Waals surface area contributed by atoms with Crippen molar-refractivity contribution < 1.29 is 9.47 Å². The molecule has 0 amide bonds. The average Bonchev–Trinajstić information content (AvgIpc) is 2.71. The van der Waals surface area contributed by atoms with Crippen LogP contribution in [0.4, 0.5) is 5.82 Å². The number of nitrogens with one attached hydrogen (secondary N) is 2. The molecule has 0 bridgehead atoms. The van der Waals surface area contributed by atoms with E-state index in [0.29, 0.717) is 19.0 Å². The molecule has 0 saturated carbocycles. The first-order valence-corrected chi connectivity index (χ1v) is 10.3. The fraction of sp³-hybridized carbons (Fsp3) is 0.524. The van der Waals surface area contributed by atoms with Gasteiger partial charge in [-0.2, -0.15) is 15.2 Å². The van der Waals surface area contributed by atoms with E-state index in [1.54, 1.807) is 6.21 Å². The number of H-pyrrole nitrogens is 1. The van der Waals surface area contributed by atoms with E-state index >= 15 is 0 Å². The van der Waals surface area contributed by atoms with Crippen molar-refractivity contribution in [2.24, 2.45) is 5.10 Å². The van der Waals surface area contributed by atoms with Crippen molar-refractivity contribution >= 4 is 12.0 Å². The van der Waals surface area contributed by atoms with Gasteiger partial charge in [-0.25, -0.2) is 9.89 Å². The van der Waals surface area contributed by atoms with Gasteiger partial charge in [-0.15, -0.1) is 0 Å². The van der Waals surface area contributed by atoms with Crippen molar-refractivity contribution in [3.05, 3.63) is 40.4 Å². The van der Waals surface area contributed by atoms with E-state index in [4.69, 9.17) is 9.47 Å². The van der Waals surface area contributed by atoms with Crippen molar-refractivity contribution in [1.82, 2.24) is 15.2 Å². The molecule has 0 spiro atoms. The minimum absolute atomic E-state index is 0.268. The number of ether oxygens (including phenoxy) is 2. The highest BCUT2D eigenvalue weighted by molar-refractivity contribution is 5.81. The summed E-state index contributed by atoms with van der Waals surface area (Å²) < 4.78 is 11.6. The van der Waals surface area contributed by atoms with Gasteiger partial charge >= 0.3 is 5.69 Å². The van der Waals surface area contributed by atoms with E-state index in [1.165, 1.54) is 44.7 Å². The molecule has 1 aromatic heterocycles. The molecule has 0 atom stereocenters. The molecular formula is C21H31N5O3. The lowest BCUT2D eigenvalue weighted by molar-refractivity contribution is 0.270. The maximum atomic E-state index is 11.1. The van der Waals surface area contributed by atoms with Crippen LogP contribution in [0.1, 0.15) is 64.4 Å². The monoisotopic (exact) mass is 401 g/mol. The molecule has 0 saturated heterocycles. The molecular weight excluding hydrogens is 370 g/mol. The lowest BCUT2D eigenvalue weighted by atomic mass is 10.1. The SMILES string of the molecule is CCCCCCCCCOc1ccc(/C=N/Nc2cn[nH]c(=O)n2)cc1OCC. The van der Waals surface area contributed by atoms with Crippen LogP contribution in [-0.4, -0.2) is 34.6 Å². The number of rotatable bonds is 14. The fourth-order valence-electron chi connectivity index (χ4n) is 2.77. The lowest BCUT2D eigenvalue weighted by Crippen LogP contribution is -2.13. The number of nitrogens with zero attached hydrogens (tertiary/aromatic N) is 3. The predicted octanol–water partition coefficient (Wildman–Crippen LogP) is 4.14. The summed E-state index contributed by atoms with van der Waals surface area (Å²) in [7, 11) is 0. The van der Waals surface area contributed by atoms with Crippen LogP contribution in [0.2, 0.25) is 0 Å². The van der Waals surface area contributed by atoms with E-state index in [2.05, 4.69) is 32.6 Å². The lowest BCUT2D eigenvalue weighted by Gasteiger charge is -2.12. The minimum Gasteiger partial charge on any atom is -0.490 e. The zero-order chi connectivity index (χ0) is 20.7. The molecule has 0 radical (unpaired) electrons. The Bertz CT molecular complexity index is 807. The highest BCUT2D eigenvalue weighted by Gasteiger charge is 2.06. The van der Waals surface area contributed by atoms with Crippen LogP contribution in [-0.2, 0) is 0 Å². The van der Waals surface area contributed by atoms with Crippen LogP contribution < -0.4 is 20.6 Å². The van der Waals surface area contributed by atoms with Crippen LogP contribution in [0.15, 0.2) is 34.3 Å². The minimum atomic E-state index is -0.536. The first-order chi connectivity index (χ1) is 14.2. The van der Waals surface area contributed by atoms with Crippen LogP contribution >= 0.6 is 0 Å². The van der Waals surface area contributed by atoms with Gasteiger partial charge in [0.1, 0.15) is 0 Å². The number of hydrazone groups is 1. The number of hydrogen-bond donors (Lipinski definition) is 2. The Morgan fingerprint density at radius 2 is 1.86 bits per heavy atom. The summed E-state index contributed by atoms with van der Waals surface area (Å²) in [6.07, 6.45) is 11.7. The molecule has 2 rings (SSSR count). The predicted molar refractivity (Wildman–Crippen MR) is 115 cm³/mol. The van der Waals surface area contributed by atoms with Crippen molar-refractivity contribution in [1.29, 1.82) is 0 Å². The van der Waals surface area contributed by atoms with Crippen molar-refractivity contribution in [3.8, 4) is 11.5 Å². The number of hydrogen-bond acceptors (Lipinski definition) is 7. The second-order valence-electron chi connectivity index (χ2n) is 6.65. The van der Waals surface area contributed by atoms with Gasteiger partial charge in [-0.3, -0.25) is 5.43 Å². The van der Waals surface area contributed by atoms with Gasteiger partial charge in [0.25, 0.3) is 0 Å². The highest BCUT2D eigenvalue weighted by Crippen LogP contribution is 2.28. The molecule has 1 aromatic carbocycles. The second-order valence-corrected chi connectivity index (χ2v) is 6.65. The van der Waals surface area contributed by atoms with E-state index in [-0.39, 0.29) is 5.82 Å². The van der Waals surface area contributed by atoms with Crippen LogP contribution in [0, 0.1) is 0 Å². The van der Waals surface area contributed by atoms with E-state index in [9.17, 15) is 4.79 Å². The molecule has 29 heavy (non-hydrogen) atoms. The van der Waals surface area contributed by atoms with Crippen molar-refractivity contribution in [2.75, 3.05) is 18.6 Å². The first kappa shape index (κ1) is 22.4. The second kappa shape index (κ2) is 13.3. The average molecular weight is 402 g/mol. The fourth-order valence-corrected chi connectivity index (χ4v) is 2.77. The normalized spacial score (nSPS) is 11.0. The molecule has 158 valence electrons. The van der Waals surface area contributed by atoms with Crippen molar-refractivity contribution in [2.45, 2.75) is 58.8 Å². The molecule has 0 fully saturated rings. The third kappa shape index (κ3) is 8.76. The number of aromatic amines is 1. The van der Waals surface area contributed by atoms with Crippen LogP contribution in [0.25, 0.3) is 0 Å². The molecule has 2 N–H and O–H groups in total. The van der Waals surface area contributed by atoms with Gasteiger partial charge in [0.05, 0.1) is 25.6 Å². The van der Waals surface area contributed by atoms with Crippen LogP contribution in [0.3, 0.4) is 0 Å². The first-order valence-electron chi connectivity index (χ1n) is 10.3. The van der Waals surface area contributed by atoms with Gasteiger partial charge in [-0.05, 0) is 37.1 Å². The maximum Gasteiger partial charge on any atom is 0.363 e. The van der Waals surface area contributed by atoms with Gasteiger partial charge in [-0.1, -0.05) is 45.4 Å². The molecule has 0 aliphatic heterocycles. The zero-order valence-corrected chi connectivity index (χ0v) is 17.3. The smallest absolute Gasteiger partial charge is 0.363 e. The van der Waals surface area contributed by atoms with E-state index in [0.717, 1.165) is 17.7 Å². The molecule has 8 heteroatoms. The molecule has 0 aliphatic rings. The van der Waals surface area contributed by atoms with E-state index < -0.39 is 5.69 Å². The zero-order valence-electron chi connectivity index (χ0n) is 17.3. The summed E-state index contributed by atoms with van der Waals surface area (Å²) in [5.74, 6) is 1.70. The summed E-state index contributed by atoms with van der Waals surface area (Å²) in [5, 5.41) is 9.93. The number of benzene rings is 1. The number of unbranched alkanes of at least 4 members (excludes halogenated alkanes) is 6. The Morgan fingerprint density at radius 3 is 2.62 bits per heavy atom. The molecule has 0 unspecified atom stereocenters. The standard InChI is InChI=1S/C21H31N5O3/c1-3-5-6-7-8-9-10-13-29-18-12-11-17(14-19(18)28-4-2)15-22-25-20-16-23-26-21(27)24-20/h11-12,14-16H,3-10,13H2,1-2H3,(H2,24,25,26,27)/b22-15+. The Balaban J connectivity index is 1.83. The Kier molecular flexibility index (Phi) is 10.3. The topological polar surface area (TPSA) is 101 Å².